The first-order valence-electron chi connectivity index (χ1n) is 6.76. The van der Waals surface area contributed by atoms with Gasteiger partial charge in [-0.05, 0) is 0 Å². The van der Waals surface area contributed by atoms with Gasteiger partial charge in [-0.25, -0.2) is 17.6 Å². The van der Waals surface area contributed by atoms with Crippen molar-refractivity contribution in [1.82, 2.24) is 0 Å². The zero-order chi connectivity index (χ0) is 17.3. The third kappa shape index (κ3) is 4.76. The average molecular weight is 342 g/mol. The van der Waals surface area contributed by atoms with E-state index in [2.05, 4.69) is 22.9 Å². The quantitative estimate of drug-likeness (QED) is 0.211. The fourth-order valence-corrected chi connectivity index (χ4v) is 2.35. The highest BCUT2D eigenvalue weighted by Gasteiger charge is 2.24. The van der Waals surface area contributed by atoms with Crippen LogP contribution in [-0.2, 0) is 0 Å². The molecule has 118 valence electrons. The Hall–Kier alpha value is -1.51. The van der Waals surface area contributed by atoms with E-state index in [0.29, 0.717) is 0 Å². The predicted molar refractivity (Wildman–Crippen MR) is 86.7 cm³/mol. The molecule has 0 aromatic heterocycles. The molecule has 0 N–H and O–H groups in total. The molecule has 0 radical (unpaired) electrons. The minimum Gasteiger partial charge on any atom is -0.204 e. The summed E-state index contributed by atoms with van der Waals surface area (Å²) in [5, 5.41) is 0. The molecular formula is C16H18F4Si2. The third-order valence-corrected chi connectivity index (χ3v) is 4.14. The van der Waals surface area contributed by atoms with E-state index in [1.54, 1.807) is 0 Å². The van der Waals surface area contributed by atoms with Gasteiger partial charge in [0.15, 0.2) is 23.3 Å². The van der Waals surface area contributed by atoms with Crippen LogP contribution in [0, 0.1) is 46.2 Å². The smallest absolute Gasteiger partial charge is 0.197 e. The highest BCUT2D eigenvalue weighted by atomic mass is 28.3. The summed E-state index contributed by atoms with van der Waals surface area (Å²) < 4.78 is 55.5. The van der Waals surface area contributed by atoms with Crippen LogP contribution in [0.1, 0.15) is 11.1 Å². The first-order valence-corrected chi connectivity index (χ1v) is 13.8. The van der Waals surface area contributed by atoms with E-state index in [1.807, 2.05) is 39.3 Å². The van der Waals surface area contributed by atoms with Crippen molar-refractivity contribution >= 4 is 16.1 Å². The molecule has 0 spiro atoms. The summed E-state index contributed by atoms with van der Waals surface area (Å²) in [5.74, 6) is -1.51. The van der Waals surface area contributed by atoms with Gasteiger partial charge >= 0.3 is 0 Å². The topological polar surface area (TPSA) is 0 Å². The van der Waals surface area contributed by atoms with Gasteiger partial charge in [-0.2, -0.15) is 0 Å². The van der Waals surface area contributed by atoms with E-state index in [-0.39, 0.29) is 0 Å². The highest BCUT2D eigenvalue weighted by Crippen LogP contribution is 2.23. The summed E-state index contributed by atoms with van der Waals surface area (Å²) in [5.41, 5.74) is 3.99. The lowest BCUT2D eigenvalue weighted by molar-refractivity contribution is 0.430. The molecule has 0 nitrogen and oxygen atoms in total. The molecule has 1 aromatic rings. The lowest BCUT2D eigenvalue weighted by Crippen LogP contribution is -2.17. The molecule has 0 heterocycles. The fraction of sp³-hybridized carbons (Fsp3) is 0.375. The van der Waals surface area contributed by atoms with Crippen LogP contribution in [0.5, 0.6) is 0 Å². The fourth-order valence-electron chi connectivity index (χ4n) is 1.35. The Labute approximate surface area is 131 Å². The second-order valence-corrected chi connectivity index (χ2v) is 16.5. The van der Waals surface area contributed by atoms with Crippen LogP contribution < -0.4 is 0 Å². The van der Waals surface area contributed by atoms with Gasteiger partial charge in [-0.15, -0.1) is 11.1 Å². The van der Waals surface area contributed by atoms with Crippen molar-refractivity contribution in [2.24, 2.45) is 0 Å². The molecule has 1 rings (SSSR count). The maximum Gasteiger partial charge on any atom is 0.197 e. The second-order valence-electron chi connectivity index (χ2n) is 7.01. The molecule has 0 unspecified atom stereocenters. The van der Waals surface area contributed by atoms with Crippen molar-refractivity contribution in [3.05, 3.63) is 34.4 Å². The summed E-state index contributed by atoms with van der Waals surface area (Å²) in [6.45, 7) is 11.3. The predicted octanol–water partition coefficient (Wildman–Crippen LogP) is 4.70. The molecule has 6 heteroatoms. The lowest BCUT2D eigenvalue weighted by atomic mass is 10.1. The van der Waals surface area contributed by atoms with Crippen molar-refractivity contribution in [2.45, 2.75) is 39.3 Å². The zero-order valence-electron chi connectivity index (χ0n) is 13.5. The molecular weight excluding hydrogens is 324 g/mol. The standard InChI is InChI=1S/C16H18F4Si2/c1-21(2,3)9-7-11-13(17)12(8-10-22(4,5)6)15(19)16(20)14(11)18/h1-6H3. The first-order chi connectivity index (χ1) is 9.83. The van der Waals surface area contributed by atoms with Crippen LogP contribution in [0.4, 0.5) is 17.6 Å². The number of hydrogen-bond acceptors (Lipinski definition) is 0. The Morgan fingerprint density at radius 3 is 1.14 bits per heavy atom. The van der Waals surface area contributed by atoms with Gasteiger partial charge < -0.3 is 0 Å². The highest BCUT2D eigenvalue weighted by molar-refractivity contribution is 6.84. The Morgan fingerprint density at radius 2 is 0.864 bits per heavy atom. The minimum atomic E-state index is -1.92. The van der Waals surface area contributed by atoms with E-state index in [0.717, 1.165) is 0 Å². The van der Waals surface area contributed by atoms with Crippen molar-refractivity contribution in [1.29, 1.82) is 0 Å². The Morgan fingerprint density at radius 1 is 0.545 bits per heavy atom. The molecule has 0 saturated carbocycles. The van der Waals surface area contributed by atoms with Gasteiger partial charge in [-0.1, -0.05) is 51.1 Å². The molecule has 0 fully saturated rings. The normalized spacial score (nSPS) is 11.4. The van der Waals surface area contributed by atoms with Gasteiger partial charge in [-0.3, -0.25) is 0 Å². The molecule has 0 aliphatic rings. The van der Waals surface area contributed by atoms with Crippen molar-refractivity contribution in [3.8, 4) is 22.9 Å². The minimum absolute atomic E-state index is 0.749. The molecule has 0 saturated heterocycles. The van der Waals surface area contributed by atoms with Crippen molar-refractivity contribution in [2.75, 3.05) is 0 Å². The summed E-state index contributed by atoms with van der Waals surface area (Å²) >= 11 is 0. The number of benzene rings is 1. The summed E-state index contributed by atoms with van der Waals surface area (Å²) in [6, 6.07) is 0. The Bertz CT molecular complexity index is 658. The summed E-state index contributed by atoms with van der Waals surface area (Å²) in [6.07, 6.45) is 0. The number of hydrogen-bond donors (Lipinski definition) is 0. The molecule has 0 bridgehead atoms. The van der Waals surface area contributed by atoms with Gasteiger partial charge in [0.05, 0.1) is 11.1 Å². The first kappa shape index (κ1) is 18.5. The van der Waals surface area contributed by atoms with Crippen LogP contribution in [0.3, 0.4) is 0 Å². The summed E-state index contributed by atoms with van der Waals surface area (Å²) in [4.78, 5) is 0. The van der Waals surface area contributed by atoms with E-state index in [9.17, 15) is 17.6 Å². The molecule has 22 heavy (non-hydrogen) atoms. The second kappa shape index (κ2) is 6.31. The van der Waals surface area contributed by atoms with Crippen LogP contribution in [0.15, 0.2) is 0 Å². The van der Waals surface area contributed by atoms with Crippen LogP contribution in [-0.4, -0.2) is 16.1 Å². The van der Waals surface area contributed by atoms with Crippen LogP contribution >= 0.6 is 0 Å². The van der Waals surface area contributed by atoms with Crippen LogP contribution in [0.2, 0.25) is 39.3 Å². The monoisotopic (exact) mass is 342 g/mol. The average Bonchev–Trinajstić information content (AvgIpc) is 2.33. The SMILES string of the molecule is C[Si](C)(C)C#Cc1c(F)c(F)c(F)c(C#C[Si](C)(C)C)c1F. The maximum absolute atomic E-state index is 14.3. The van der Waals surface area contributed by atoms with Gasteiger partial charge in [0.25, 0.3) is 0 Å². The molecule has 0 atom stereocenters. The third-order valence-electron chi connectivity index (χ3n) is 2.39. The van der Waals surface area contributed by atoms with Gasteiger partial charge in [0.1, 0.15) is 16.1 Å². The lowest BCUT2D eigenvalue weighted by Gasteiger charge is -2.08. The van der Waals surface area contributed by atoms with Gasteiger partial charge in [0, 0.05) is 0 Å². The van der Waals surface area contributed by atoms with E-state index < -0.39 is 50.5 Å². The Kier molecular flexibility index (Phi) is 5.32. The zero-order valence-corrected chi connectivity index (χ0v) is 15.5. The van der Waals surface area contributed by atoms with Crippen LogP contribution in [0.25, 0.3) is 0 Å². The molecule has 1 aromatic carbocycles. The molecule has 0 amide bonds. The maximum atomic E-state index is 14.3. The molecule has 0 aliphatic heterocycles. The Balaban J connectivity index is 3.63. The van der Waals surface area contributed by atoms with E-state index in [1.165, 1.54) is 0 Å². The largest absolute Gasteiger partial charge is 0.204 e. The van der Waals surface area contributed by atoms with Gasteiger partial charge in [0.2, 0.25) is 0 Å². The summed E-state index contributed by atoms with van der Waals surface area (Å²) in [7, 11) is -3.84. The molecule has 0 aliphatic carbocycles. The van der Waals surface area contributed by atoms with E-state index in [4.69, 9.17) is 0 Å². The van der Waals surface area contributed by atoms with E-state index >= 15 is 0 Å². The van der Waals surface area contributed by atoms with Crippen molar-refractivity contribution < 1.29 is 17.6 Å². The number of rotatable bonds is 0. The number of halogens is 4. The van der Waals surface area contributed by atoms with Crippen molar-refractivity contribution in [3.63, 3.8) is 0 Å².